The van der Waals surface area contributed by atoms with Crippen molar-refractivity contribution in [2.45, 2.75) is 37.5 Å². The lowest BCUT2D eigenvalue weighted by molar-refractivity contribution is -0.0412. The van der Waals surface area contributed by atoms with Crippen molar-refractivity contribution >= 4 is 28.4 Å². The van der Waals surface area contributed by atoms with Gasteiger partial charge in [0, 0.05) is 30.3 Å². The lowest BCUT2D eigenvalue weighted by Crippen LogP contribution is -2.22. The predicted molar refractivity (Wildman–Crippen MR) is 115 cm³/mol. The molecular weight excluding hydrogens is 443 g/mol. The van der Waals surface area contributed by atoms with Crippen molar-refractivity contribution in [3.8, 4) is 0 Å². The molecule has 9 heteroatoms. The van der Waals surface area contributed by atoms with Crippen molar-refractivity contribution in [3.63, 3.8) is 0 Å². The topological polar surface area (TPSA) is 88.8 Å². The second-order valence-electron chi connectivity index (χ2n) is 8.28. The number of aromatic nitrogens is 2. The number of hydrogen-bond donors (Lipinski definition) is 2. The molecule has 5 nitrogen and oxygen atoms in total. The average molecular weight is 464 g/mol. The van der Waals surface area contributed by atoms with Crippen LogP contribution in [0.15, 0.2) is 47.4 Å². The van der Waals surface area contributed by atoms with Crippen LogP contribution in [-0.4, -0.2) is 21.8 Å². The van der Waals surface area contributed by atoms with Crippen LogP contribution in [0.5, 0.6) is 0 Å². The average Bonchev–Trinajstić information content (AvgIpc) is 3.31. The van der Waals surface area contributed by atoms with E-state index in [4.69, 9.17) is 17.3 Å². The van der Waals surface area contributed by atoms with Gasteiger partial charge in [0.1, 0.15) is 11.5 Å². The van der Waals surface area contributed by atoms with Gasteiger partial charge in [0.15, 0.2) is 5.43 Å². The van der Waals surface area contributed by atoms with Gasteiger partial charge >= 0.3 is 0 Å². The summed E-state index contributed by atoms with van der Waals surface area (Å²) in [5.74, 6) is -4.40. The molecule has 2 heterocycles. The van der Waals surface area contributed by atoms with Crippen LogP contribution < -0.4 is 11.2 Å². The molecule has 5 rings (SSSR count). The van der Waals surface area contributed by atoms with Crippen molar-refractivity contribution in [1.82, 2.24) is 9.97 Å². The van der Waals surface area contributed by atoms with Crippen LogP contribution in [-0.2, 0) is 0 Å². The van der Waals surface area contributed by atoms with E-state index in [1.807, 2.05) is 0 Å². The van der Waals surface area contributed by atoms with Crippen LogP contribution in [0.3, 0.4) is 0 Å². The molecule has 3 aromatic rings. The second-order valence-corrected chi connectivity index (χ2v) is 8.69. The van der Waals surface area contributed by atoms with E-state index in [1.165, 1.54) is 24.4 Å². The summed E-state index contributed by atoms with van der Waals surface area (Å²) in [5.41, 5.74) is 5.95. The number of carbonyl (C=O) groups is 1. The molecule has 0 spiro atoms. The maximum absolute atomic E-state index is 13.9. The standard InChI is InChI=1S/C17H17F2N3O2.C6H4ClF/c18-17(19)3-1-8-5-9(6-10(8)17)12-7-13(23)14-11(22-12)2-4-21-15(14)16(20)24;7-5-3-1-2-4-6(5)8/h2,4,7-10H,1,3,5-6H2,(H2,20,24)(H,22,23);1-4H. The number of carbonyl (C=O) groups excluding carboxylic acids is 1. The molecule has 1 aromatic carbocycles. The van der Waals surface area contributed by atoms with Gasteiger partial charge in [-0.2, -0.15) is 0 Å². The molecule has 32 heavy (non-hydrogen) atoms. The van der Waals surface area contributed by atoms with Gasteiger partial charge in [-0.15, -0.1) is 0 Å². The molecule has 2 aliphatic carbocycles. The first-order valence-electron chi connectivity index (χ1n) is 10.3. The molecule has 2 aliphatic rings. The number of nitrogens with zero attached hydrogens (tertiary/aromatic N) is 1. The quantitative estimate of drug-likeness (QED) is 0.558. The molecule has 0 bridgehead atoms. The number of benzene rings is 1. The van der Waals surface area contributed by atoms with Gasteiger partial charge in [-0.05, 0) is 49.3 Å². The van der Waals surface area contributed by atoms with Gasteiger partial charge in [-0.25, -0.2) is 13.2 Å². The second kappa shape index (κ2) is 8.58. The maximum atomic E-state index is 13.9. The molecule has 2 fully saturated rings. The SMILES string of the molecule is Fc1ccccc1Cl.NC(=O)c1nccc2[nH]c(C3CC4CCC(F)(F)C4C3)cc(=O)c12. The Labute approximate surface area is 186 Å². The Kier molecular flexibility index (Phi) is 5.99. The van der Waals surface area contributed by atoms with E-state index < -0.39 is 17.7 Å². The van der Waals surface area contributed by atoms with Crippen molar-refractivity contribution in [3.05, 3.63) is 75.0 Å². The Morgan fingerprint density at radius 1 is 1.22 bits per heavy atom. The van der Waals surface area contributed by atoms with Gasteiger partial charge in [0.25, 0.3) is 11.8 Å². The Balaban J connectivity index is 0.000000260. The van der Waals surface area contributed by atoms with Crippen molar-refractivity contribution < 1.29 is 18.0 Å². The number of halogens is 4. The number of hydrogen-bond acceptors (Lipinski definition) is 3. The first-order chi connectivity index (χ1) is 15.2. The van der Waals surface area contributed by atoms with E-state index in [2.05, 4.69) is 9.97 Å². The molecule has 0 saturated heterocycles. The third-order valence-electron chi connectivity index (χ3n) is 6.35. The predicted octanol–water partition coefficient (Wildman–Crippen LogP) is 5.04. The van der Waals surface area contributed by atoms with Crippen molar-refractivity contribution in [2.24, 2.45) is 17.6 Å². The van der Waals surface area contributed by atoms with E-state index in [1.54, 1.807) is 18.2 Å². The zero-order valence-electron chi connectivity index (χ0n) is 17.0. The third kappa shape index (κ3) is 4.24. The first-order valence-corrected chi connectivity index (χ1v) is 10.6. The van der Waals surface area contributed by atoms with Crippen LogP contribution in [0.2, 0.25) is 5.02 Å². The molecule has 168 valence electrons. The number of rotatable bonds is 2. The number of aromatic amines is 1. The number of fused-ring (bicyclic) bond motifs is 2. The van der Waals surface area contributed by atoms with Crippen LogP contribution in [0.4, 0.5) is 13.2 Å². The van der Waals surface area contributed by atoms with Gasteiger partial charge in [-0.1, -0.05) is 23.7 Å². The largest absolute Gasteiger partial charge is 0.364 e. The third-order valence-corrected chi connectivity index (χ3v) is 6.65. The first kappa shape index (κ1) is 22.3. The number of pyridine rings is 2. The van der Waals surface area contributed by atoms with Crippen molar-refractivity contribution in [2.75, 3.05) is 0 Å². The van der Waals surface area contributed by atoms with Gasteiger partial charge in [-0.3, -0.25) is 14.6 Å². The highest BCUT2D eigenvalue weighted by Crippen LogP contribution is 2.56. The minimum absolute atomic E-state index is 0.0165. The number of H-pyrrole nitrogens is 1. The van der Waals surface area contributed by atoms with Crippen LogP contribution in [0.25, 0.3) is 10.9 Å². The Bertz CT molecular complexity index is 1210. The molecule has 2 saturated carbocycles. The molecule has 0 aliphatic heterocycles. The van der Waals surface area contributed by atoms with Crippen LogP contribution >= 0.6 is 11.6 Å². The zero-order chi connectivity index (χ0) is 23.0. The summed E-state index contributed by atoms with van der Waals surface area (Å²) >= 11 is 5.33. The summed E-state index contributed by atoms with van der Waals surface area (Å²) in [7, 11) is 0. The minimum atomic E-state index is -2.60. The fourth-order valence-electron chi connectivity index (χ4n) is 4.84. The summed E-state index contributed by atoms with van der Waals surface area (Å²) < 4.78 is 40.0. The van der Waals surface area contributed by atoms with E-state index >= 15 is 0 Å². The van der Waals surface area contributed by atoms with E-state index in [-0.39, 0.29) is 45.6 Å². The lowest BCUT2D eigenvalue weighted by atomic mass is 9.97. The van der Waals surface area contributed by atoms with Crippen molar-refractivity contribution in [1.29, 1.82) is 0 Å². The Morgan fingerprint density at radius 2 is 1.97 bits per heavy atom. The fourth-order valence-corrected chi connectivity index (χ4v) is 4.98. The lowest BCUT2D eigenvalue weighted by Gasteiger charge is -2.18. The number of nitrogens with two attached hydrogens (primary N) is 1. The highest BCUT2D eigenvalue weighted by Gasteiger charge is 2.54. The summed E-state index contributed by atoms with van der Waals surface area (Å²) in [6, 6.07) is 9.11. The van der Waals surface area contributed by atoms with E-state index in [0.717, 1.165) is 0 Å². The molecule has 3 unspecified atom stereocenters. The zero-order valence-corrected chi connectivity index (χ0v) is 17.7. The molecule has 1 amide bonds. The summed E-state index contributed by atoms with van der Waals surface area (Å²) in [4.78, 5) is 30.9. The Morgan fingerprint density at radius 3 is 2.59 bits per heavy atom. The fraction of sp³-hybridized carbons (Fsp3) is 0.348. The summed E-state index contributed by atoms with van der Waals surface area (Å²) in [5, 5.41) is 0.324. The normalized spacial score (nSPS) is 23.4. The van der Waals surface area contributed by atoms with Crippen LogP contribution in [0, 0.1) is 17.7 Å². The van der Waals surface area contributed by atoms with E-state index in [9.17, 15) is 22.8 Å². The number of nitrogens with one attached hydrogen (secondary N) is 1. The Hall–Kier alpha value is -2.87. The molecule has 2 aromatic heterocycles. The highest BCUT2D eigenvalue weighted by molar-refractivity contribution is 6.30. The number of alkyl halides is 2. The molecular formula is C23H21ClF3N3O2. The molecule has 3 atom stereocenters. The van der Waals surface area contributed by atoms with E-state index in [0.29, 0.717) is 30.5 Å². The summed E-state index contributed by atoms with van der Waals surface area (Å²) in [6.07, 6.45) is 2.96. The smallest absolute Gasteiger partial charge is 0.268 e. The minimum Gasteiger partial charge on any atom is -0.364 e. The summed E-state index contributed by atoms with van der Waals surface area (Å²) in [6.45, 7) is 0. The maximum Gasteiger partial charge on any atom is 0.268 e. The van der Waals surface area contributed by atoms with Gasteiger partial charge in [0.2, 0.25) is 0 Å². The molecule has 3 N–H and O–H groups in total. The van der Waals surface area contributed by atoms with Gasteiger partial charge < -0.3 is 10.7 Å². The van der Waals surface area contributed by atoms with Crippen LogP contribution in [0.1, 0.15) is 47.8 Å². The number of amides is 1. The number of primary amides is 1. The highest BCUT2D eigenvalue weighted by atomic mass is 35.5. The monoisotopic (exact) mass is 463 g/mol. The molecule has 0 radical (unpaired) electrons. The van der Waals surface area contributed by atoms with Gasteiger partial charge in [0.05, 0.1) is 15.9 Å².